The van der Waals surface area contributed by atoms with Gasteiger partial charge in [-0.15, -0.1) is 0 Å². The van der Waals surface area contributed by atoms with Crippen molar-refractivity contribution in [2.24, 2.45) is 0 Å². The Kier molecular flexibility index (Phi) is 3.28. The summed E-state index contributed by atoms with van der Waals surface area (Å²) in [6.07, 6.45) is 5.54. The molecule has 0 aromatic carbocycles. The molecule has 4 heteroatoms. The lowest BCUT2D eigenvalue weighted by molar-refractivity contribution is -0.124. The number of allylic oxidation sites excluding steroid dienone is 2. The van der Waals surface area contributed by atoms with Crippen LogP contribution in [0.25, 0.3) is 0 Å². The van der Waals surface area contributed by atoms with E-state index in [1.807, 2.05) is 39.8 Å². The van der Waals surface area contributed by atoms with Crippen LogP contribution in [0.15, 0.2) is 23.9 Å². The van der Waals surface area contributed by atoms with E-state index >= 15 is 0 Å². The van der Waals surface area contributed by atoms with E-state index in [0.29, 0.717) is 0 Å². The van der Waals surface area contributed by atoms with Gasteiger partial charge in [0.15, 0.2) is 4.45 Å². The Balaban J connectivity index is 2.84. The van der Waals surface area contributed by atoms with Crippen LogP contribution in [-0.2, 0) is 4.79 Å². The fourth-order valence-electron chi connectivity index (χ4n) is 1.26. The average molecular weight is 273 g/mol. The van der Waals surface area contributed by atoms with Crippen LogP contribution in [0, 0.1) is 0 Å². The highest BCUT2D eigenvalue weighted by atomic mass is 79.9. The Morgan fingerprint density at radius 2 is 2.13 bits per heavy atom. The lowest BCUT2D eigenvalue weighted by atomic mass is 10.0. The summed E-state index contributed by atoms with van der Waals surface area (Å²) < 4.78 is -0.810. The van der Waals surface area contributed by atoms with Crippen molar-refractivity contribution in [1.29, 1.82) is 0 Å². The van der Waals surface area contributed by atoms with Crippen molar-refractivity contribution in [2.45, 2.75) is 37.7 Å². The van der Waals surface area contributed by atoms with Crippen molar-refractivity contribution in [3.63, 3.8) is 0 Å². The second-order valence-electron chi connectivity index (χ2n) is 4.72. The molecule has 0 aromatic rings. The topological polar surface area (TPSA) is 41.1 Å². The van der Waals surface area contributed by atoms with Crippen LogP contribution in [0.5, 0.6) is 0 Å². The maximum Gasteiger partial charge on any atom is 0.261 e. The van der Waals surface area contributed by atoms with E-state index < -0.39 is 4.45 Å². The van der Waals surface area contributed by atoms with E-state index in [-0.39, 0.29) is 11.4 Å². The standard InChI is InChI=1S/C11H17BrN2O/c1-8-6-5-7-13-11(8,12)9(15)14-10(2,3)4/h5-7,13H,1-4H3,(H,14,15). The molecule has 1 amide bonds. The number of carbonyl (C=O) groups is 1. The van der Waals surface area contributed by atoms with Gasteiger partial charge in [0.05, 0.1) is 0 Å². The SMILES string of the molecule is CC1=CC=CNC1(Br)C(=O)NC(C)(C)C. The Bertz CT molecular complexity index is 328. The molecule has 1 heterocycles. The second-order valence-corrected chi connectivity index (χ2v) is 5.91. The van der Waals surface area contributed by atoms with E-state index in [9.17, 15) is 4.79 Å². The molecule has 0 spiro atoms. The van der Waals surface area contributed by atoms with Crippen LogP contribution in [0.1, 0.15) is 27.7 Å². The fourth-order valence-corrected chi connectivity index (χ4v) is 1.62. The summed E-state index contributed by atoms with van der Waals surface area (Å²) in [5, 5.41) is 5.96. The van der Waals surface area contributed by atoms with E-state index in [1.54, 1.807) is 6.20 Å². The van der Waals surface area contributed by atoms with Gasteiger partial charge in [-0.25, -0.2) is 0 Å². The molecular weight excluding hydrogens is 256 g/mol. The first-order chi connectivity index (χ1) is 6.76. The number of rotatable bonds is 1. The highest BCUT2D eigenvalue weighted by molar-refractivity contribution is 9.10. The third-order valence-electron chi connectivity index (χ3n) is 2.07. The van der Waals surface area contributed by atoms with Crippen molar-refractivity contribution in [3.05, 3.63) is 23.9 Å². The lowest BCUT2D eigenvalue weighted by Gasteiger charge is -2.33. The monoisotopic (exact) mass is 272 g/mol. The van der Waals surface area contributed by atoms with Gasteiger partial charge in [-0.05, 0) is 61.5 Å². The molecule has 0 aromatic heterocycles. The third-order valence-corrected chi connectivity index (χ3v) is 3.28. The van der Waals surface area contributed by atoms with Gasteiger partial charge in [0.2, 0.25) is 0 Å². The Hall–Kier alpha value is -0.770. The molecule has 0 saturated heterocycles. The Labute approximate surface area is 99.1 Å². The minimum atomic E-state index is -0.810. The van der Waals surface area contributed by atoms with Gasteiger partial charge in [-0.3, -0.25) is 4.79 Å². The lowest BCUT2D eigenvalue weighted by Crippen LogP contribution is -2.56. The minimum Gasteiger partial charge on any atom is -0.365 e. The molecule has 1 aliphatic rings. The fraction of sp³-hybridized carbons (Fsp3) is 0.545. The Morgan fingerprint density at radius 3 is 2.60 bits per heavy atom. The maximum absolute atomic E-state index is 12.1. The molecule has 1 atom stereocenters. The normalized spacial score (nSPS) is 25.5. The van der Waals surface area contributed by atoms with Crippen LogP contribution in [0.3, 0.4) is 0 Å². The highest BCUT2D eigenvalue weighted by Crippen LogP contribution is 2.27. The quantitative estimate of drug-likeness (QED) is 0.567. The summed E-state index contributed by atoms with van der Waals surface area (Å²) in [6, 6.07) is 0. The van der Waals surface area contributed by atoms with Crippen molar-refractivity contribution in [1.82, 2.24) is 10.6 Å². The van der Waals surface area contributed by atoms with Crippen molar-refractivity contribution in [2.75, 3.05) is 0 Å². The summed E-state index contributed by atoms with van der Waals surface area (Å²) in [7, 11) is 0. The molecule has 1 unspecified atom stereocenters. The first-order valence-corrected chi connectivity index (χ1v) is 5.68. The largest absolute Gasteiger partial charge is 0.365 e. The predicted octanol–water partition coefficient (Wildman–Crippen LogP) is 2.06. The van der Waals surface area contributed by atoms with Gasteiger partial charge < -0.3 is 10.6 Å². The van der Waals surface area contributed by atoms with Crippen LogP contribution in [0.4, 0.5) is 0 Å². The number of hydrogen-bond donors (Lipinski definition) is 2. The second kappa shape index (κ2) is 4.00. The van der Waals surface area contributed by atoms with Gasteiger partial charge >= 0.3 is 0 Å². The highest BCUT2D eigenvalue weighted by Gasteiger charge is 2.38. The van der Waals surface area contributed by atoms with Gasteiger partial charge in [0, 0.05) is 5.54 Å². The van der Waals surface area contributed by atoms with Gasteiger partial charge in [-0.2, -0.15) is 0 Å². The molecule has 1 rings (SSSR count). The molecule has 84 valence electrons. The number of alkyl halides is 1. The molecule has 1 aliphatic heterocycles. The summed E-state index contributed by atoms with van der Waals surface area (Å²) >= 11 is 3.44. The molecule has 0 saturated carbocycles. The van der Waals surface area contributed by atoms with E-state index in [0.717, 1.165) is 5.57 Å². The molecule has 0 fully saturated rings. The smallest absolute Gasteiger partial charge is 0.261 e. The van der Waals surface area contributed by atoms with Crippen molar-refractivity contribution < 1.29 is 4.79 Å². The molecule has 0 radical (unpaired) electrons. The molecule has 0 aliphatic carbocycles. The minimum absolute atomic E-state index is 0.0758. The molecular formula is C11H17BrN2O. The van der Waals surface area contributed by atoms with Crippen molar-refractivity contribution >= 4 is 21.8 Å². The molecule has 15 heavy (non-hydrogen) atoms. The number of hydrogen-bond acceptors (Lipinski definition) is 2. The number of amides is 1. The van der Waals surface area contributed by atoms with E-state index in [1.165, 1.54) is 0 Å². The van der Waals surface area contributed by atoms with Gasteiger partial charge in [-0.1, -0.05) is 6.08 Å². The van der Waals surface area contributed by atoms with Crippen molar-refractivity contribution in [3.8, 4) is 0 Å². The zero-order chi connectivity index (χ0) is 11.7. The summed E-state index contributed by atoms with van der Waals surface area (Å²) in [6.45, 7) is 7.78. The zero-order valence-electron chi connectivity index (χ0n) is 9.52. The van der Waals surface area contributed by atoms with Crippen LogP contribution < -0.4 is 10.6 Å². The average Bonchev–Trinajstić information content (AvgIpc) is 2.07. The summed E-state index contributed by atoms with van der Waals surface area (Å²) in [5.41, 5.74) is 0.702. The first-order valence-electron chi connectivity index (χ1n) is 4.89. The molecule has 3 nitrogen and oxygen atoms in total. The van der Waals surface area contributed by atoms with Crippen LogP contribution in [-0.4, -0.2) is 15.9 Å². The Morgan fingerprint density at radius 1 is 1.53 bits per heavy atom. The first kappa shape index (κ1) is 12.3. The van der Waals surface area contributed by atoms with Crippen LogP contribution in [0.2, 0.25) is 0 Å². The number of halogens is 1. The maximum atomic E-state index is 12.1. The molecule has 0 bridgehead atoms. The van der Waals surface area contributed by atoms with Gasteiger partial charge in [0.25, 0.3) is 5.91 Å². The molecule has 2 N–H and O–H groups in total. The number of nitrogens with one attached hydrogen (secondary N) is 2. The summed E-state index contributed by atoms with van der Waals surface area (Å²) in [5.74, 6) is -0.0758. The van der Waals surface area contributed by atoms with E-state index in [4.69, 9.17) is 0 Å². The predicted molar refractivity (Wildman–Crippen MR) is 65.6 cm³/mol. The number of carbonyl (C=O) groups excluding carboxylic acids is 1. The zero-order valence-corrected chi connectivity index (χ0v) is 11.1. The third kappa shape index (κ3) is 2.84. The van der Waals surface area contributed by atoms with Gasteiger partial charge in [0.1, 0.15) is 0 Å². The van der Waals surface area contributed by atoms with Crippen LogP contribution >= 0.6 is 15.9 Å². The number of dihydropyridines is 1. The summed E-state index contributed by atoms with van der Waals surface area (Å²) in [4.78, 5) is 12.1. The van der Waals surface area contributed by atoms with E-state index in [2.05, 4.69) is 26.6 Å².